The van der Waals surface area contributed by atoms with Crippen molar-refractivity contribution in [3.8, 4) is 11.8 Å². The van der Waals surface area contributed by atoms with Crippen LogP contribution < -0.4 is 5.32 Å². The fraction of sp³-hybridized carbons (Fsp3) is 0.471. The van der Waals surface area contributed by atoms with Gasteiger partial charge in [0.15, 0.2) is 0 Å². The van der Waals surface area contributed by atoms with E-state index in [-0.39, 0.29) is 18.6 Å². The molecule has 1 amide bonds. The van der Waals surface area contributed by atoms with Gasteiger partial charge in [0.1, 0.15) is 0 Å². The normalized spacial score (nSPS) is 17.7. The second-order valence-electron chi connectivity index (χ2n) is 5.21. The highest BCUT2D eigenvalue weighted by molar-refractivity contribution is 7.99. The molecule has 1 aliphatic rings. The number of carbonyl (C=O) groups is 1. The summed E-state index contributed by atoms with van der Waals surface area (Å²) in [7, 11) is 0. The molecule has 1 heterocycles. The van der Waals surface area contributed by atoms with Crippen LogP contribution in [-0.4, -0.2) is 35.2 Å². The Kier molecular flexibility index (Phi) is 6.16. The van der Waals surface area contributed by atoms with Crippen molar-refractivity contribution in [1.29, 1.82) is 0 Å². The summed E-state index contributed by atoms with van der Waals surface area (Å²) >= 11 is 1.89. The molecule has 1 aromatic rings. The largest absolute Gasteiger partial charge is 0.395 e. The van der Waals surface area contributed by atoms with Crippen LogP contribution in [0, 0.1) is 18.8 Å². The smallest absolute Gasteiger partial charge is 0.252 e. The Morgan fingerprint density at radius 2 is 2.38 bits per heavy atom. The number of aliphatic hydroxyl groups excluding tert-OH is 1. The van der Waals surface area contributed by atoms with Gasteiger partial charge in [-0.3, -0.25) is 4.79 Å². The first kappa shape index (κ1) is 15.9. The van der Waals surface area contributed by atoms with Gasteiger partial charge in [-0.1, -0.05) is 23.5 Å². The molecule has 21 heavy (non-hydrogen) atoms. The minimum Gasteiger partial charge on any atom is -0.395 e. The van der Waals surface area contributed by atoms with Gasteiger partial charge in [0.25, 0.3) is 5.91 Å². The SMILES string of the molecule is Cc1ccc(C#CCCO)c(C(=O)NC2CCCSC2)c1. The molecule has 2 N–H and O–H groups in total. The zero-order valence-electron chi connectivity index (χ0n) is 12.3. The third kappa shape index (κ3) is 4.80. The van der Waals surface area contributed by atoms with E-state index in [1.807, 2.05) is 36.9 Å². The average molecular weight is 303 g/mol. The second-order valence-corrected chi connectivity index (χ2v) is 6.36. The van der Waals surface area contributed by atoms with E-state index >= 15 is 0 Å². The number of aliphatic hydroxyl groups is 1. The lowest BCUT2D eigenvalue weighted by Crippen LogP contribution is -2.38. The first-order valence-corrected chi connectivity index (χ1v) is 8.45. The molecule has 1 saturated heterocycles. The molecule has 0 aliphatic carbocycles. The number of aryl methyl sites for hydroxylation is 1. The van der Waals surface area contributed by atoms with Crippen molar-refractivity contribution in [3.63, 3.8) is 0 Å². The number of rotatable bonds is 3. The Morgan fingerprint density at radius 3 is 3.10 bits per heavy atom. The van der Waals surface area contributed by atoms with Gasteiger partial charge in [-0.25, -0.2) is 0 Å². The number of benzene rings is 1. The molecule has 112 valence electrons. The van der Waals surface area contributed by atoms with Crippen molar-refractivity contribution in [2.24, 2.45) is 0 Å². The number of thioether (sulfide) groups is 1. The Labute approximate surface area is 130 Å². The fourth-order valence-corrected chi connectivity index (χ4v) is 3.36. The summed E-state index contributed by atoms with van der Waals surface area (Å²) in [4.78, 5) is 12.5. The summed E-state index contributed by atoms with van der Waals surface area (Å²) in [6.07, 6.45) is 2.64. The van der Waals surface area contributed by atoms with E-state index in [0.717, 1.165) is 29.7 Å². The molecule has 1 aromatic carbocycles. The van der Waals surface area contributed by atoms with E-state index in [1.54, 1.807) is 0 Å². The first-order chi connectivity index (χ1) is 10.2. The molecule has 0 bridgehead atoms. The lowest BCUT2D eigenvalue weighted by atomic mass is 10.0. The molecular formula is C17H21NO2S. The topological polar surface area (TPSA) is 49.3 Å². The van der Waals surface area contributed by atoms with Crippen LogP contribution in [-0.2, 0) is 0 Å². The summed E-state index contributed by atoms with van der Waals surface area (Å²) in [5, 5.41) is 11.9. The Bertz CT molecular complexity index is 554. The molecule has 0 spiro atoms. The monoisotopic (exact) mass is 303 g/mol. The van der Waals surface area contributed by atoms with Gasteiger partial charge >= 0.3 is 0 Å². The Balaban J connectivity index is 2.14. The quantitative estimate of drug-likeness (QED) is 0.843. The van der Waals surface area contributed by atoms with Gasteiger partial charge in [-0.05, 0) is 37.7 Å². The number of carbonyl (C=O) groups excluding carboxylic acids is 1. The van der Waals surface area contributed by atoms with E-state index in [0.29, 0.717) is 12.0 Å². The van der Waals surface area contributed by atoms with Crippen LogP contribution in [0.1, 0.15) is 40.7 Å². The van der Waals surface area contributed by atoms with E-state index in [1.165, 1.54) is 5.75 Å². The maximum Gasteiger partial charge on any atom is 0.252 e. The zero-order valence-corrected chi connectivity index (χ0v) is 13.1. The maximum absolute atomic E-state index is 12.5. The molecule has 0 radical (unpaired) electrons. The summed E-state index contributed by atoms with van der Waals surface area (Å²) < 4.78 is 0. The minimum atomic E-state index is -0.0421. The molecular weight excluding hydrogens is 282 g/mol. The molecule has 2 rings (SSSR count). The number of amides is 1. The van der Waals surface area contributed by atoms with Crippen molar-refractivity contribution in [2.45, 2.75) is 32.2 Å². The Morgan fingerprint density at radius 1 is 1.52 bits per heavy atom. The minimum absolute atomic E-state index is 0.0414. The molecule has 1 atom stereocenters. The van der Waals surface area contributed by atoms with Crippen molar-refractivity contribution in [2.75, 3.05) is 18.1 Å². The molecule has 1 unspecified atom stereocenters. The highest BCUT2D eigenvalue weighted by Gasteiger charge is 2.18. The maximum atomic E-state index is 12.5. The van der Waals surface area contributed by atoms with E-state index in [2.05, 4.69) is 17.2 Å². The number of hydrogen-bond donors (Lipinski definition) is 2. The van der Waals surface area contributed by atoms with E-state index in [4.69, 9.17) is 5.11 Å². The van der Waals surface area contributed by atoms with Gasteiger partial charge in [-0.2, -0.15) is 11.8 Å². The van der Waals surface area contributed by atoms with Crippen molar-refractivity contribution in [3.05, 3.63) is 34.9 Å². The molecule has 4 heteroatoms. The molecule has 3 nitrogen and oxygen atoms in total. The van der Waals surface area contributed by atoms with Crippen LogP contribution in [0.2, 0.25) is 0 Å². The second kappa shape index (κ2) is 8.11. The van der Waals surface area contributed by atoms with Crippen LogP contribution in [0.5, 0.6) is 0 Å². The predicted molar refractivity (Wildman–Crippen MR) is 87.6 cm³/mol. The van der Waals surface area contributed by atoms with Gasteiger partial charge in [0.05, 0.1) is 12.2 Å². The highest BCUT2D eigenvalue weighted by Crippen LogP contribution is 2.18. The van der Waals surface area contributed by atoms with Crippen LogP contribution in [0.25, 0.3) is 0 Å². The van der Waals surface area contributed by atoms with Gasteiger partial charge < -0.3 is 10.4 Å². The third-order valence-corrected chi connectivity index (χ3v) is 4.59. The summed E-state index contributed by atoms with van der Waals surface area (Å²) in [6, 6.07) is 5.98. The molecule has 0 aromatic heterocycles. The average Bonchev–Trinajstić information content (AvgIpc) is 2.50. The molecule has 1 aliphatic heterocycles. The number of nitrogens with one attached hydrogen (secondary N) is 1. The van der Waals surface area contributed by atoms with E-state index < -0.39 is 0 Å². The van der Waals surface area contributed by atoms with Crippen LogP contribution in [0.4, 0.5) is 0 Å². The lowest BCUT2D eigenvalue weighted by molar-refractivity contribution is 0.0938. The summed E-state index contributed by atoms with van der Waals surface area (Å²) in [6.45, 7) is 2.01. The van der Waals surface area contributed by atoms with Crippen LogP contribution in [0.3, 0.4) is 0 Å². The summed E-state index contributed by atoms with van der Waals surface area (Å²) in [5.41, 5.74) is 2.41. The van der Waals surface area contributed by atoms with Crippen molar-refractivity contribution in [1.82, 2.24) is 5.32 Å². The van der Waals surface area contributed by atoms with Crippen molar-refractivity contribution >= 4 is 17.7 Å². The van der Waals surface area contributed by atoms with E-state index in [9.17, 15) is 4.79 Å². The molecule has 0 saturated carbocycles. The highest BCUT2D eigenvalue weighted by atomic mass is 32.2. The number of hydrogen-bond acceptors (Lipinski definition) is 3. The van der Waals surface area contributed by atoms with Crippen LogP contribution in [0.15, 0.2) is 18.2 Å². The van der Waals surface area contributed by atoms with Crippen molar-refractivity contribution < 1.29 is 9.90 Å². The predicted octanol–water partition coefficient (Wildman–Crippen LogP) is 2.35. The molecule has 1 fully saturated rings. The third-order valence-electron chi connectivity index (χ3n) is 3.38. The standard InChI is InChI=1S/C17H21NO2S/c1-13-7-8-14(5-2-3-9-19)16(11-13)17(20)18-15-6-4-10-21-12-15/h7-8,11,15,19H,3-4,6,9-10,12H2,1H3,(H,18,20). The van der Waals surface area contributed by atoms with Crippen LogP contribution >= 0.6 is 11.8 Å². The zero-order chi connectivity index (χ0) is 15.1. The summed E-state index contributed by atoms with van der Waals surface area (Å²) in [5.74, 6) is 8.01. The Hall–Kier alpha value is -1.44. The van der Waals surface area contributed by atoms with Gasteiger partial charge in [-0.15, -0.1) is 0 Å². The van der Waals surface area contributed by atoms with Gasteiger partial charge in [0.2, 0.25) is 0 Å². The van der Waals surface area contributed by atoms with Gasteiger partial charge in [0, 0.05) is 23.8 Å². The fourth-order valence-electron chi connectivity index (χ4n) is 2.29. The first-order valence-electron chi connectivity index (χ1n) is 7.29. The lowest BCUT2D eigenvalue weighted by Gasteiger charge is -2.22.